The van der Waals surface area contributed by atoms with Crippen LogP contribution < -0.4 is 33.1 Å². The van der Waals surface area contributed by atoms with Crippen LogP contribution in [0.3, 0.4) is 0 Å². The number of nitrogens with zero attached hydrogens (tertiary/aromatic N) is 5. The van der Waals surface area contributed by atoms with Crippen molar-refractivity contribution in [3.8, 4) is 34.3 Å². The van der Waals surface area contributed by atoms with Gasteiger partial charge >= 0.3 is 11.7 Å². The van der Waals surface area contributed by atoms with Crippen molar-refractivity contribution >= 4 is 82.1 Å². The minimum absolute atomic E-state index is 0.0285. The second-order valence-electron chi connectivity index (χ2n) is 14.5. The minimum atomic E-state index is -5.22. The SMILES string of the molecule is CCC1OC(n2cc(C#CCNC(=O)CCSSCCNC(=O)c3ccc(-c4c5ccc(=N)c(S(=O)(=O)O)c-5oc5c(S(=O)(=O)O)c(N)ccc45)c(C(=O)O)c3)c(N)nc2=O)CC1OCN=[N+]=[N-]. The van der Waals surface area contributed by atoms with Crippen LogP contribution in [0, 0.1) is 17.3 Å². The highest BCUT2D eigenvalue weighted by molar-refractivity contribution is 8.76. The molecule has 3 atom stereocenters. The molecule has 28 heteroatoms. The number of benzene rings is 3. The Kier molecular flexibility index (Phi) is 16.1. The van der Waals surface area contributed by atoms with E-state index in [0.717, 1.165) is 18.2 Å². The molecule has 1 fully saturated rings. The largest absolute Gasteiger partial charge is 0.478 e. The van der Waals surface area contributed by atoms with E-state index in [2.05, 4.69) is 37.5 Å². The zero-order chi connectivity index (χ0) is 49.5. The Balaban J connectivity index is 1.04. The monoisotopic (exact) mass is 1010 g/mol. The van der Waals surface area contributed by atoms with E-state index in [1.807, 2.05) is 6.92 Å². The van der Waals surface area contributed by atoms with Gasteiger partial charge in [0.25, 0.3) is 26.1 Å². The van der Waals surface area contributed by atoms with Gasteiger partial charge in [-0.1, -0.05) is 51.5 Å². The molecule has 2 aliphatic heterocycles. The number of anilines is 2. The lowest BCUT2D eigenvalue weighted by molar-refractivity contribution is -0.120. The predicted octanol–water partition coefficient (Wildman–Crippen LogP) is 3.62. The third kappa shape index (κ3) is 11.5. The molecule has 358 valence electrons. The summed E-state index contributed by atoms with van der Waals surface area (Å²) in [5, 5.41) is 26.3. The molecule has 24 nitrogen and oxygen atoms in total. The average Bonchev–Trinajstić information content (AvgIpc) is 3.68. The van der Waals surface area contributed by atoms with E-state index in [1.54, 1.807) is 0 Å². The number of carboxylic acid groups (broad SMARTS) is 1. The molecule has 3 aliphatic rings. The molecule has 0 radical (unpaired) electrons. The fraction of sp³-hybridized carbons (Fsp3) is 0.300. The Hall–Kier alpha value is -6.67. The molecular formula is C40H40N10O14S4. The maximum absolute atomic E-state index is 13.2. The summed E-state index contributed by atoms with van der Waals surface area (Å²) in [6, 6.07) is 8.06. The number of hydrogen-bond donors (Lipinski definition) is 8. The number of amides is 2. The summed E-state index contributed by atoms with van der Waals surface area (Å²) in [7, 11) is -7.67. The fourth-order valence-electron chi connectivity index (χ4n) is 7.16. The fourth-order valence-corrected chi connectivity index (χ4v) is 10.5. The third-order valence-electron chi connectivity index (χ3n) is 10.1. The number of aromatic carboxylic acids is 1. The van der Waals surface area contributed by atoms with Gasteiger partial charge in [0.2, 0.25) is 5.91 Å². The number of fused-ring (bicyclic) bond motifs is 2. The van der Waals surface area contributed by atoms with Crippen LogP contribution in [-0.4, -0.2) is 102 Å². The molecule has 0 spiro atoms. The number of carbonyl (C=O) groups excluding carboxylic acids is 2. The van der Waals surface area contributed by atoms with Crippen molar-refractivity contribution in [3.63, 3.8) is 0 Å². The second-order valence-corrected chi connectivity index (χ2v) is 19.9. The van der Waals surface area contributed by atoms with E-state index in [-0.39, 0.29) is 77.3 Å². The zero-order valence-corrected chi connectivity index (χ0v) is 38.6. The maximum atomic E-state index is 13.2. The lowest BCUT2D eigenvalue weighted by Crippen LogP contribution is -2.28. The summed E-state index contributed by atoms with van der Waals surface area (Å²) in [5.74, 6) is 3.04. The van der Waals surface area contributed by atoms with Crippen LogP contribution in [0.4, 0.5) is 11.5 Å². The van der Waals surface area contributed by atoms with Crippen LogP contribution in [0.2, 0.25) is 0 Å². The summed E-state index contributed by atoms with van der Waals surface area (Å²) < 4.78 is 88.4. The lowest BCUT2D eigenvalue weighted by atomic mass is 9.89. The first-order chi connectivity index (χ1) is 32.2. The predicted molar refractivity (Wildman–Crippen MR) is 247 cm³/mol. The Morgan fingerprint density at radius 2 is 1.78 bits per heavy atom. The van der Waals surface area contributed by atoms with Crippen molar-refractivity contribution < 1.29 is 59.3 Å². The Labute approximate surface area is 393 Å². The van der Waals surface area contributed by atoms with Crippen molar-refractivity contribution in [2.45, 2.75) is 54.4 Å². The molecule has 1 aromatic heterocycles. The summed E-state index contributed by atoms with van der Waals surface area (Å²) >= 11 is 0. The number of carboxylic acids is 1. The number of rotatable bonds is 18. The van der Waals surface area contributed by atoms with Crippen LogP contribution in [-0.2, 0) is 34.5 Å². The number of nitrogen functional groups attached to an aromatic ring is 2. The smallest absolute Gasteiger partial charge is 0.351 e. The number of aromatic nitrogens is 2. The maximum Gasteiger partial charge on any atom is 0.351 e. The number of carbonyl (C=O) groups is 3. The van der Waals surface area contributed by atoms with Gasteiger partial charge in [0, 0.05) is 64.1 Å². The molecule has 2 amide bonds. The molecule has 1 aliphatic carbocycles. The van der Waals surface area contributed by atoms with Gasteiger partial charge in [0.1, 0.15) is 18.8 Å². The highest BCUT2D eigenvalue weighted by Gasteiger charge is 2.37. The lowest BCUT2D eigenvalue weighted by Gasteiger charge is -2.20. The number of azide groups is 1. The Bertz CT molecular complexity index is 3260. The van der Waals surface area contributed by atoms with Gasteiger partial charge in [-0.3, -0.25) is 28.7 Å². The van der Waals surface area contributed by atoms with E-state index in [0.29, 0.717) is 24.3 Å². The summed E-state index contributed by atoms with van der Waals surface area (Å²) in [4.78, 5) is 55.4. The van der Waals surface area contributed by atoms with Crippen molar-refractivity contribution in [2.24, 2.45) is 5.11 Å². The molecule has 2 aromatic carbocycles. The van der Waals surface area contributed by atoms with Crippen LogP contribution in [0.15, 0.2) is 72.8 Å². The van der Waals surface area contributed by atoms with Gasteiger partial charge in [-0.15, -0.1) is 0 Å². The topological polar surface area (TPSA) is 395 Å². The normalized spacial score (nSPS) is 15.9. The standard InChI is InChI=1S/C40H40N10O14S4/c1-2-28-29(62-19-47-49-44)17-31(63-28)50-18-21(37(43)48-40(50)55)4-3-12-45-30(51)11-14-65-66-15-13-46-38(52)20-5-6-22(25(16-20)39(53)54)32-23-7-9-26(41)35(67(56,57)58)33(23)64-34-24(32)8-10-27(42)36(34)68(59,60)61/h5-10,16,18,28-29,31,41H,2,11-15,17,19,42H2,1H3,(H,45,51)(H,46,52)(H,53,54)(H2,43,48,55)(H,56,57,58)(H,59,60,61). The van der Waals surface area contributed by atoms with Crippen LogP contribution in [0.1, 0.15) is 58.7 Å². The van der Waals surface area contributed by atoms with Gasteiger partial charge < -0.3 is 41.1 Å². The van der Waals surface area contributed by atoms with Crippen LogP contribution >= 0.6 is 21.6 Å². The van der Waals surface area contributed by atoms with E-state index in [4.69, 9.17) is 36.3 Å². The first kappa shape index (κ1) is 50.7. The van der Waals surface area contributed by atoms with Gasteiger partial charge in [-0.05, 0) is 53.9 Å². The van der Waals surface area contributed by atoms with Crippen LogP contribution in [0.25, 0.3) is 43.9 Å². The van der Waals surface area contributed by atoms with Crippen molar-refractivity contribution in [1.82, 2.24) is 20.2 Å². The molecule has 0 bridgehead atoms. The molecule has 68 heavy (non-hydrogen) atoms. The first-order valence-corrected chi connectivity index (χ1v) is 25.3. The van der Waals surface area contributed by atoms with E-state index in [1.165, 1.54) is 56.6 Å². The molecular weight excluding hydrogens is 973 g/mol. The average molecular weight is 1010 g/mol. The summed E-state index contributed by atoms with van der Waals surface area (Å²) in [6.07, 6.45) is 0.951. The Morgan fingerprint density at radius 1 is 1.06 bits per heavy atom. The quantitative estimate of drug-likeness (QED) is 0.00715. The Morgan fingerprint density at radius 3 is 2.47 bits per heavy atom. The zero-order valence-electron chi connectivity index (χ0n) is 35.4. The summed E-state index contributed by atoms with van der Waals surface area (Å²) in [5.41, 5.74) is 17.6. The minimum Gasteiger partial charge on any atom is -0.478 e. The molecule has 0 saturated carbocycles. The number of nitrogens with one attached hydrogen (secondary N) is 3. The van der Waals surface area contributed by atoms with Crippen LogP contribution in [0.5, 0.6) is 0 Å². The third-order valence-corrected chi connectivity index (χ3v) is 14.4. The molecule has 3 aromatic rings. The van der Waals surface area contributed by atoms with E-state index >= 15 is 0 Å². The first-order valence-electron chi connectivity index (χ1n) is 19.9. The molecule has 3 heterocycles. The number of nitrogens with two attached hydrogens (primary N) is 2. The molecule has 10 N–H and O–H groups in total. The van der Waals surface area contributed by atoms with E-state index < -0.39 is 87.9 Å². The van der Waals surface area contributed by atoms with Gasteiger partial charge in [0.05, 0.1) is 40.9 Å². The highest BCUT2D eigenvalue weighted by atomic mass is 33.1. The second kappa shape index (κ2) is 21.5. The number of ether oxygens (including phenoxy) is 2. The molecule has 6 rings (SSSR count). The van der Waals surface area contributed by atoms with E-state index in [9.17, 15) is 50.2 Å². The van der Waals surface area contributed by atoms with Crippen molar-refractivity contribution in [3.05, 3.63) is 91.6 Å². The summed E-state index contributed by atoms with van der Waals surface area (Å²) in [6.45, 7) is 1.81. The molecule has 3 unspecified atom stereocenters. The van der Waals surface area contributed by atoms with Gasteiger partial charge in [0.15, 0.2) is 21.1 Å². The van der Waals surface area contributed by atoms with Crippen molar-refractivity contribution in [2.75, 3.05) is 42.8 Å². The van der Waals surface area contributed by atoms with Gasteiger partial charge in [-0.25, -0.2) is 9.59 Å². The van der Waals surface area contributed by atoms with Crippen molar-refractivity contribution in [1.29, 1.82) is 5.41 Å². The highest BCUT2D eigenvalue weighted by Crippen LogP contribution is 2.46. The number of hydrogen-bond acceptors (Lipinski definition) is 18. The molecule has 1 saturated heterocycles. The van der Waals surface area contributed by atoms with Gasteiger partial charge in [-0.2, -0.15) is 21.8 Å².